The van der Waals surface area contributed by atoms with Crippen molar-refractivity contribution in [2.24, 2.45) is 0 Å². The summed E-state index contributed by atoms with van der Waals surface area (Å²) >= 11 is 0. The van der Waals surface area contributed by atoms with Gasteiger partial charge in [0.25, 0.3) is 0 Å². The normalized spacial score (nSPS) is 13.2. The highest BCUT2D eigenvalue weighted by Gasteiger charge is 2.30. The van der Waals surface area contributed by atoms with Gasteiger partial charge in [-0.3, -0.25) is 13.9 Å². The van der Waals surface area contributed by atoms with Crippen molar-refractivity contribution in [1.82, 2.24) is 10.2 Å². The number of hydrogen-bond donors (Lipinski definition) is 1. The number of nitrogens with zero attached hydrogens (tertiary/aromatic N) is 2. The third-order valence-corrected chi connectivity index (χ3v) is 8.18. The Bertz CT molecular complexity index is 1430. The molecule has 1 aliphatic heterocycles. The van der Waals surface area contributed by atoms with Crippen LogP contribution in [0.15, 0.2) is 78.9 Å². The molecule has 224 valence electrons. The predicted octanol–water partition coefficient (Wildman–Crippen LogP) is 4.17. The number of carbonyl (C=O) groups is 2. The SMILES string of the molecule is CCCNC(=O)C(Cc1ccccc1)N(Cc1ccccc1)C(=O)CCCN(c1ccc2c(c1)OCCO2)S(C)(=O)=O. The Morgan fingerprint density at radius 1 is 0.905 bits per heavy atom. The summed E-state index contributed by atoms with van der Waals surface area (Å²) in [5.74, 6) is 0.622. The topological polar surface area (TPSA) is 105 Å². The molecule has 0 radical (unpaired) electrons. The maximum atomic E-state index is 13.9. The maximum Gasteiger partial charge on any atom is 0.243 e. The number of rotatable bonds is 14. The van der Waals surface area contributed by atoms with E-state index in [0.29, 0.717) is 43.4 Å². The maximum absolute atomic E-state index is 13.9. The smallest absolute Gasteiger partial charge is 0.243 e. The number of ether oxygens (including phenoxy) is 2. The Hall–Kier alpha value is -4.05. The lowest BCUT2D eigenvalue weighted by Crippen LogP contribution is -2.50. The molecule has 3 aromatic carbocycles. The first kappa shape index (κ1) is 30.9. The van der Waals surface area contributed by atoms with E-state index in [1.54, 1.807) is 23.1 Å². The summed E-state index contributed by atoms with van der Waals surface area (Å²) in [6.45, 7) is 3.66. The molecule has 0 bridgehead atoms. The molecule has 0 aromatic heterocycles. The molecule has 10 heteroatoms. The van der Waals surface area contributed by atoms with Crippen LogP contribution in [0.25, 0.3) is 0 Å². The van der Waals surface area contributed by atoms with Crippen molar-refractivity contribution in [3.63, 3.8) is 0 Å². The molecule has 0 saturated heterocycles. The third kappa shape index (κ3) is 8.48. The van der Waals surface area contributed by atoms with Crippen molar-refractivity contribution in [2.75, 3.05) is 36.9 Å². The summed E-state index contributed by atoms with van der Waals surface area (Å²) in [5.41, 5.74) is 2.29. The molecule has 4 rings (SSSR count). The third-order valence-electron chi connectivity index (χ3n) is 6.98. The Morgan fingerprint density at radius 2 is 1.55 bits per heavy atom. The minimum Gasteiger partial charge on any atom is -0.486 e. The average molecular weight is 594 g/mol. The van der Waals surface area contributed by atoms with Gasteiger partial charge in [-0.15, -0.1) is 0 Å². The van der Waals surface area contributed by atoms with Gasteiger partial charge in [0, 0.05) is 38.5 Å². The first-order valence-corrected chi connectivity index (χ1v) is 16.1. The van der Waals surface area contributed by atoms with Gasteiger partial charge in [0.05, 0.1) is 11.9 Å². The first-order valence-electron chi connectivity index (χ1n) is 14.3. The number of benzene rings is 3. The van der Waals surface area contributed by atoms with Gasteiger partial charge < -0.3 is 19.7 Å². The molecule has 0 fully saturated rings. The molecule has 1 aliphatic rings. The molecule has 1 heterocycles. The van der Waals surface area contributed by atoms with Crippen molar-refractivity contribution in [3.8, 4) is 11.5 Å². The zero-order valence-electron chi connectivity index (χ0n) is 24.2. The fourth-order valence-corrected chi connectivity index (χ4v) is 5.85. The van der Waals surface area contributed by atoms with Crippen LogP contribution >= 0.6 is 0 Å². The molecule has 0 aliphatic carbocycles. The van der Waals surface area contributed by atoms with Crippen LogP contribution in [0.5, 0.6) is 11.5 Å². The molecule has 9 nitrogen and oxygen atoms in total. The van der Waals surface area contributed by atoms with E-state index in [4.69, 9.17) is 9.47 Å². The molecular formula is C32H39N3O6S. The molecule has 1 unspecified atom stereocenters. The van der Waals surface area contributed by atoms with Crippen LogP contribution in [0.3, 0.4) is 0 Å². The lowest BCUT2D eigenvalue weighted by molar-refractivity contribution is -0.141. The summed E-state index contributed by atoms with van der Waals surface area (Å²) in [6.07, 6.45) is 2.61. The van der Waals surface area contributed by atoms with Gasteiger partial charge in [-0.05, 0) is 36.1 Å². The molecular weight excluding hydrogens is 554 g/mol. The van der Waals surface area contributed by atoms with Gasteiger partial charge in [-0.1, -0.05) is 67.6 Å². The number of hydrogen-bond acceptors (Lipinski definition) is 6. The highest BCUT2D eigenvalue weighted by atomic mass is 32.2. The second kappa shape index (κ2) is 14.7. The van der Waals surface area contributed by atoms with E-state index in [-0.39, 0.29) is 37.7 Å². The summed E-state index contributed by atoms with van der Waals surface area (Å²) in [7, 11) is -3.64. The average Bonchev–Trinajstić information content (AvgIpc) is 3.00. The number of sulfonamides is 1. The number of carbonyl (C=O) groups excluding carboxylic acids is 2. The van der Waals surface area contributed by atoms with Crippen LogP contribution in [-0.2, 0) is 32.6 Å². The summed E-state index contributed by atoms with van der Waals surface area (Å²) < 4.78 is 38.0. The fourth-order valence-electron chi connectivity index (χ4n) is 4.89. The Kier molecular flexibility index (Phi) is 10.8. The Balaban J connectivity index is 1.55. The highest BCUT2D eigenvalue weighted by molar-refractivity contribution is 7.92. The van der Waals surface area contributed by atoms with E-state index in [9.17, 15) is 18.0 Å². The van der Waals surface area contributed by atoms with Crippen LogP contribution in [0, 0.1) is 0 Å². The second-order valence-electron chi connectivity index (χ2n) is 10.3. The molecule has 3 aromatic rings. The highest BCUT2D eigenvalue weighted by Crippen LogP contribution is 2.34. The Labute approximate surface area is 248 Å². The van der Waals surface area contributed by atoms with Gasteiger partial charge in [-0.2, -0.15) is 0 Å². The van der Waals surface area contributed by atoms with Crippen molar-refractivity contribution in [2.45, 2.75) is 45.2 Å². The first-order chi connectivity index (χ1) is 20.3. The quantitative estimate of drug-likeness (QED) is 0.301. The zero-order chi connectivity index (χ0) is 30.0. The van der Waals surface area contributed by atoms with Crippen LogP contribution in [-0.4, -0.2) is 63.7 Å². The fraction of sp³-hybridized carbons (Fsp3) is 0.375. The summed E-state index contributed by atoms with van der Waals surface area (Å²) in [6, 6.07) is 23.5. The summed E-state index contributed by atoms with van der Waals surface area (Å²) in [4.78, 5) is 28.9. The molecule has 0 saturated carbocycles. The molecule has 2 amide bonds. The Morgan fingerprint density at radius 3 is 2.19 bits per heavy atom. The van der Waals surface area contributed by atoms with Crippen molar-refractivity contribution in [3.05, 3.63) is 90.0 Å². The van der Waals surface area contributed by atoms with Crippen LogP contribution < -0.4 is 19.1 Å². The number of amides is 2. The number of nitrogens with one attached hydrogen (secondary N) is 1. The predicted molar refractivity (Wildman–Crippen MR) is 163 cm³/mol. The zero-order valence-corrected chi connectivity index (χ0v) is 25.0. The van der Waals surface area contributed by atoms with Crippen molar-refractivity contribution >= 4 is 27.5 Å². The van der Waals surface area contributed by atoms with Crippen LogP contribution in [0.4, 0.5) is 5.69 Å². The summed E-state index contributed by atoms with van der Waals surface area (Å²) in [5, 5.41) is 2.97. The molecule has 42 heavy (non-hydrogen) atoms. The van der Waals surface area contributed by atoms with Gasteiger partial charge in [0.2, 0.25) is 21.8 Å². The standard InChI is InChI=1S/C32H39N3O6S/c1-3-18-33-32(37)28(22-25-11-6-4-7-12-25)34(24-26-13-8-5-9-14-26)31(36)15-10-19-35(42(2,38)39)27-16-17-29-30(23-27)41-21-20-40-29/h4-9,11-14,16-17,23,28H,3,10,15,18-22,24H2,1-2H3,(H,33,37). The lowest BCUT2D eigenvalue weighted by atomic mass is 10.0. The van der Waals surface area contributed by atoms with E-state index < -0.39 is 16.1 Å². The molecule has 1 N–H and O–H groups in total. The number of fused-ring (bicyclic) bond motifs is 1. The van der Waals surface area contributed by atoms with E-state index in [1.165, 1.54) is 4.31 Å². The number of anilines is 1. The van der Waals surface area contributed by atoms with Gasteiger partial charge in [0.15, 0.2) is 11.5 Å². The van der Waals surface area contributed by atoms with Crippen LogP contribution in [0.2, 0.25) is 0 Å². The van der Waals surface area contributed by atoms with Crippen molar-refractivity contribution in [1.29, 1.82) is 0 Å². The minimum absolute atomic E-state index is 0.0652. The van der Waals surface area contributed by atoms with Crippen LogP contribution in [0.1, 0.15) is 37.3 Å². The van der Waals surface area contributed by atoms with Crippen molar-refractivity contribution < 1.29 is 27.5 Å². The van der Waals surface area contributed by atoms with Gasteiger partial charge in [-0.25, -0.2) is 8.42 Å². The lowest BCUT2D eigenvalue weighted by Gasteiger charge is -2.32. The monoisotopic (exact) mass is 593 g/mol. The molecule has 0 spiro atoms. The van der Waals surface area contributed by atoms with E-state index in [2.05, 4.69) is 5.32 Å². The largest absolute Gasteiger partial charge is 0.486 e. The van der Waals surface area contributed by atoms with E-state index in [1.807, 2.05) is 67.6 Å². The van der Waals surface area contributed by atoms with Gasteiger partial charge >= 0.3 is 0 Å². The second-order valence-corrected chi connectivity index (χ2v) is 12.2. The minimum atomic E-state index is -3.64. The molecule has 1 atom stereocenters. The van der Waals surface area contributed by atoms with Gasteiger partial charge in [0.1, 0.15) is 19.3 Å². The van der Waals surface area contributed by atoms with E-state index >= 15 is 0 Å². The van der Waals surface area contributed by atoms with E-state index in [0.717, 1.165) is 23.8 Å².